The number of carbonyl (C=O) groups is 2. The molecule has 0 aromatic heterocycles. The maximum atomic E-state index is 14.2. The van der Waals surface area contributed by atoms with Crippen molar-refractivity contribution in [1.82, 2.24) is 14.7 Å². The van der Waals surface area contributed by atoms with Crippen molar-refractivity contribution in [2.24, 2.45) is 23.2 Å². The number of cyclic esters (lactones) is 1. The van der Waals surface area contributed by atoms with E-state index in [1.54, 1.807) is 27.9 Å². The maximum absolute atomic E-state index is 14.2. The summed E-state index contributed by atoms with van der Waals surface area (Å²) in [5.41, 5.74) is -2.29. The van der Waals surface area contributed by atoms with Crippen LogP contribution in [0.25, 0.3) is 0 Å². The first kappa shape index (κ1) is 38.3. The van der Waals surface area contributed by atoms with Gasteiger partial charge in [0.25, 0.3) is 0 Å². The number of Topliss-reactive ketones (excluding diaryl/α,β-unsaturated/α-hetero) is 1. The number of aliphatic hydroxyl groups is 1. The summed E-state index contributed by atoms with van der Waals surface area (Å²) in [6, 6.07) is -0.109. The average molecular weight is 640 g/mol. The van der Waals surface area contributed by atoms with Crippen LogP contribution in [0.1, 0.15) is 87.0 Å². The molecule has 0 aromatic rings. The largest absolute Gasteiger partial charge is 0.463 e. The van der Waals surface area contributed by atoms with Crippen LogP contribution in [0.15, 0.2) is 0 Å². The predicted octanol–water partition coefficient (Wildman–Crippen LogP) is 3.83. The molecule has 0 aromatic carbocycles. The van der Waals surface area contributed by atoms with Crippen molar-refractivity contribution in [1.29, 1.82) is 0 Å². The van der Waals surface area contributed by atoms with Crippen molar-refractivity contribution in [3.05, 3.63) is 0 Å². The highest BCUT2D eigenvalue weighted by atomic mass is 16.7. The fourth-order valence-electron chi connectivity index (χ4n) is 7.98. The molecule has 10 heteroatoms. The fraction of sp³-hybridized carbons (Fsp3) is 0.943. The summed E-state index contributed by atoms with van der Waals surface area (Å²) in [6.45, 7) is 17.9. The van der Waals surface area contributed by atoms with Gasteiger partial charge in [0, 0.05) is 31.7 Å². The van der Waals surface area contributed by atoms with Crippen LogP contribution in [0.4, 0.5) is 0 Å². The second-order valence-electron chi connectivity index (χ2n) is 15.4. The second kappa shape index (κ2) is 16.3. The SMILES string of the molecule is CCCN1CCC(C[C@H]2COC(=O)C(C)(C)C(=O)[C@H](C)[C@@H](O[C@@H]3O[C@H](C)C[C@H](N(C)C)[C@H]3O)[C@](C)(OC)C[C@@H](C)CN2C)CC1. The predicted molar refractivity (Wildman–Crippen MR) is 176 cm³/mol. The van der Waals surface area contributed by atoms with Crippen LogP contribution < -0.4 is 0 Å². The number of carbonyl (C=O) groups excluding carboxylic acids is 2. The molecule has 0 bridgehead atoms. The minimum absolute atomic E-state index is 0.0549. The van der Waals surface area contributed by atoms with Gasteiger partial charge < -0.3 is 33.9 Å². The summed E-state index contributed by atoms with van der Waals surface area (Å²) in [4.78, 5) is 34.7. The molecule has 3 fully saturated rings. The van der Waals surface area contributed by atoms with E-state index in [4.69, 9.17) is 18.9 Å². The van der Waals surface area contributed by atoms with Crippen molar-refractivity contribution in [2.45, 2.75) is 129 Å². The molecule has 1 N–H and O–H groups in total. The molecule has 3 saturated heterocycles. The molecule has 3 heterocycles. The third kappa shape index (κ3) is 9.48. The molecule has 0 spiro atoms. The summed E-state index contributed by atoms with van der Waals surface area (Å²) in [5, 5.41) is 11.3. The second-order valence-corrected chi connectivity index (χ2v) is 15.4. The summed E-state index contributed by atoms with van der Waals surface area (Å²) >= 11 is 0. The molecule has 3 aliphatic rings. The van der Waals surface area contributed by atoms with E-state index in [9.17, 15) is 14.7 Å². The quantitative estimate of drug-likeness (QED) is 0.312. The van der Waals surface area contributed by atoms with Gasteiger partial charge in [-0.15, -0.1) is 0 Å². The molecule has 10 nitrogen and oxygen atoms in total. The zero-order chi connectivity index (χ0) is 33.7. The molecule has 0 aliphatic carbocycles. The van der Waals surface area contributed by atoms with Gasteiger partial charge >= 0.3 is 5.97 Å². The van der Waals surface area contributed by atoms with E-state index in [2.05, 4.69) is 30.7 Å². The van der Waals surface area contributed by atoms with Gasteiger partial charge in [0.15, 0.2) is 12.1 Å². The van der Waals surface area contributed by atoms with Gasteiger partial charge in [-0.3, -0.25) is 14.5 Å². The Morgan fingerprint density at radius 1 is 1.09 bits per heavy atom. The minimum atomic E-state index is -1.39. The van der Waals surface area contributed by atoms with Crippen molar-refractivity contribution >= 4 is 11.8 Å². The number of esters is 1. The number of rotatable bonds is 8. The summed E-state index contributed by atoms with van der Waals surface area (Å²) < 4.78 is 25.0. The first-order valence-electron chi connectivity index (χ1n) is 17.4. The van der Waals surface area contributed by atoms with Gasteiger partial charge in [0.2, 0.25) is 0 Å². The molecule has 0 radical (unpaired) electrons. The molecular formula is C35H65N3O7. The van der Waals surface area contributed by atoms with Crippen LogP contribution in [0.5, 0.6) is 0 Å². The van der Waals surface area contributed by atoms with E-state index in [1.807, 2.05) is 32.8 Å². The van der Waals surface area contributed by atoms with Crippen molar-refractivity contribution < 1.29 is 33.6 Å². The number of likely N-dealkylation sites (tertiary alicyclic amines) is 1. The van der Waals surface area contributed by atoms with Crippen molar-refractivity contribution in [3.8, 4) is 0 Å². The molecule has 45 heavy (non-hydrogen) atoms. The van der Waals surface area contributed by atoms with E-state index in [1.165, 1.54) is 6.42 Å². The third-order valence-corrected chi connectivity index (χ3v) is 10.9. The van der Waals surface area contributed by atoms with Gasteiger partial charge in [-0.2, -0.15) is 0 Å². The van der Waals surface area contributed by atoms with Crippen LogP contribution >= 0.6 is 0 Å². The molecule has 0 saturated carbocycles. The lowest BCUT2D eigenvalue weighted by Crippen LogP contribution is -2.59. The number of aliphatic hydroxyl groups excluding tert-OH is 1. The minimum Gasteiger partial charge on any atom is -0.463 e. The van der Waals surface area contributed by atoms with Crippen molar-refractivity contribution in [2.75, 3.05) is 61.0 Å². The first-order chi connectivity index (χ1) is 21.0. The Morgan fingerprint density at radius 2 is 1.73 bits per heavy atom. The molecule has 9 atom stereocenters. The van der Waals surface area contributed by atoms with Crippen molar-refractivity contribution in [3.63, 3.8) is 0 Å². The maximum Gasteiger partial charge on any atom is 0.319 e. The molecule has 0 unspecified atom stereocenters. The lowest BCUT2D eigenvalue weighted by Gasteiger charge is -2.47. The Hall–Kier alpha value is -1.14. The van der Waals surface area contributed by atoms with Crippen LogP contribution in [-0.2, 0) is 28.5 Å². The number of nitrogens with zero attached hydrogens (tertiary/aromatic N) is 3. The van der Waals surface area contributed by atoms with E-state index >= 15 is 0 Å². The Morgan fingerprint density at radius 3 is 2.31 bits per heavy atom. The Bertz CT molecular complexity index is 956. The van der Waals surface area contributed by atoms with Gasteiger partial charge in [-0.1, -0.05) is 20.8 Å². The Labute approximate surface area is 273 Å². The van der Waals surface area contributed by atoms with Crippen LogP contribution in [0.3, 0.4) is 0 Å². The zero-order valence-electron chi connectivity index (χ0n) is 30.2. The monoisotopic (exact) mass is 639 g/mol. The summed E-state index contributed by atoms with van der Waals surface area (Å²) in [7, 11) is 7.64. The molecule has 3 aliphatic heterocycles. The smallest absolute Gasteiger partial charge is 0.319 e. The van der Waals surface area contributed by atoms with Gasteiger partial charge in [0.1, 0.15) is 18.1 Å². The number of hydrogen-bond donors (Lipinski definition) is 1. The van der Waals surface area contributed by atoms with E-state index < -0.39 is 41.4 Å². The number of likely N-dealkylation sites (N-methyl/N-ethyl adjacent to an activating group) is 2. The average Bonchev–Trinajstić information content (AvgIpc) is 2.98. The van der Waals surface area contributed by atoms with Crippen LogP contribution in [-0.4, -0.2) is 135 Å². The first-order valence-corrected chi connectivity index (χ1v) is 17.4. The third-order valence-electron chi connectivity index (χ3n) is 10.9. The van der Waals surface area contributed by atoms with Crippen LogP contribution in [0.2, 0.25) is 0 Å². The number of ketones is 1. The highest BCUT2D eigenvalue weighted by molar-refractivity contribution is 6.04. The summed E-state index contributed by atoms with van der Waals surface area (Å²) in [5.74, 6) is -0.781. The number of methoxy groups -OCH3 is 1. The molecular weight excluding hydrogens is 574 g/mol. The number of hydrogen-bond acceptors (Lipinski definition) is 10. The van der Waals surface area contributed by atoms with Gasteiger partial charge in [0.05, 0.1) is 17.8 Å². The highest BCUT2D eigenvalue weighted by Gasteiger charge is 2.51. The normalized spacial score (nSPS) is 38.8. The van der Waals surface area contributed by atoms with Crippen LogP contribution in [0, 0.1) is 23.2 Å². The van der Waals surface area contributed by atoms with Gasteiger partial charge in [-0.25, -0.2) is 0 Å². The van der Waals surface area contributed by atoms with E-state index in [0.717, 1.165) is 45.4 Å². The molecule has 0 amide bonds. The topological polar surface area (TPSA) is 101 Å². The lowest BCUT2D eigenvalue weighted by molar-refractivity contribution is -0.295. The Kier molecular flexibility index (Phi) is 13.9. The molecule has 3 rings (SSSR count). The summed E-state index contributed by atoms with van der Waals surface area (Å²) in [6.07, 6.45) is 2.91. The lowest BCUT2D eigenvalue weighted by atomic mass is 9.74. The van der Waals surface area contributed by atoms with E-state index in [-0.39, 0.29) is 36.5 Å². The number of piperidine rings is 1. The number of ether oxygens (including phenoxy) is 4. The molecule has 262 valence electrons. The fourth-order valence-corrected chi connectivity index (χ4v) is 7.98. The van der Waals surface area contributed by atoms with Gasteiger partial charge in [-0.05, 0) is 119 Å². The highest BCUT2D eigenvalue weighted by Crippen LogP contribution is 2.38. The zero-order valence-corrected chi connectivity index (χ0v) is 30.2. The Balaban J connectivity index is 1.90. The van der Waals surface area contributed by atoms with E-state index in [0.29, 0.717) is 18.8 Å². The standard InChI is InChI=1S/C35H65N3O7/c1-12-15-38-16-13-26(14-17-38)19-27-22-43-33(41)34(5,6)30(40)25(4)31(35(7,42-11)20-23(2)21-37(27)10)45-32-29(39)28(36(8)9)18-24(3)44-32/h23-29,31-32,39H,12-22H2,1-11H3/t23-,24-,25+,27+,28+,29-,31-,32+,35-/m1/s1.